The second kappa shape index (κ2) is 9.40. The summed E-state index contributed by atoms with van der Waals surface area (Å²) >= 11 is 0. The predicted octanol–water partition coefficient (Wildman–Crippen LogP) is 2.79. The van der Waals surface area contributed by atoms with E-state index in [0.717, 1.165) is 43.6 Å². The zero-order chi connectivity index (χ0) is 15.7. The van der Waals surface area contributed by atoms with Crippen molar-refractivity contribution in [3.8, 4) is 0 Å². The Kier molecular flexibility index (Phi) is 7.83. The Morgan fingerprint density at radius 3 is 2.57 bits per heavy atom. The first kappa shape index (κ1) is 17.5. The fourth-order valence-corrected chi connectivity index (χ4v) is 2.45. The van der Waals surface area contributed by atoms with Crippen LogP contribution in [-0.4, -0.2) is 29.9 Å². The normalized spacial score (nSPS) is 11.1. The fraction of sp³-hybridized carbons (Fsp3) is 0.588. The first-order valence-electron chi connectivity index (χ1n) is 7.95. The van der Waals surface area contributed by atoms with Crippen LogP contribution in [0.2, 0.25) is 0 Å². The van der Waals surface area contributed by atoms with E-state index in [2.05, 4.69) is 37.1 Å². The van der Waals surface area contributed by atoms with Gasteiger partial charge in [0.15, 0.2) is 0 Å². The average molecular weight is 291 g/mol. The molecule has 0 atom stereocenters. The van der Waals surface area contributed by atoms with Crippen molar-refractivity contribution < 1.29 is 4.79 Å². The highest BCUT2D eigenvalue weighted by atomic mass is 16.2. The number of nitrogen functional groups attached to an aromatic ring is 1. The van der Waals surface area contributed by atoms with Gasteiger partial charge in [-0.3, -0.25) is 9.69 Å². The minimum Gasteiger partial charge on any atom is -0.399 e. The first-order chi connectivity index (χ1) is 10.1. The van der Waals surface area contributed by atoms with Crippen LogP contribution in [-0.2, 0) is 11.3 Å². The van der Waals surface area contributed by atoms with Gasteiger partial charge in [-0.25, -0.2) is 0 Å². The number of benzene rings is 1. The minimum absolute atomic E-state index is 0.112. The molecule has 0 aromatic heterocycles. The van der Waals surface area contributed by atoms with Gasteiger partial charge in [0.25, 0.3) is 0 Å². The van der Waals surface area contributed by atoms with Crippen molar-refractivity contribution in [2.45, 2.75) is 52.6 Å². The van der Waals surface area contributed by atoms with Crippen LogP contribution >= 0.6 is 0 Å². The van der Waals surface area contributed by atoms with Crippen LogP contribution in [0.4, 0.5) is 5.69 Å². The number of nitrogens with two attached hydrogens (primary N) is 1. The Morgan fingerprint density at radius 2 is 2.00 bits per heavy atom. The van der Waals surface area contributed by atoms with E-state index >= 15 is 0 Å². The average Bonchev–Trinajstić information content (AvgIpc) is 2.45. The van der Waals surface area contributed by atoms with E-state index in [9.17, 15) is 4.79 Å². The van der Waals surface area contributed by atoms with E-state index in [1.54, 1.807) is 0 Å². The van der Waals surface area contributed by atoms with Crippen LogP contribution in [0.15, 0.2) is 24.3 Å². The van der Waals surface area contributed by atoms with Crippen molar-refractivity contribution in [2.24, 2.45) is 0 Å². The predicted molar refractivity (Wildman–Crippen MR) is 88.9 cm³/mol. The molecule has 0 aliphatic rings. The van der Waals surface area contributed by atoms with E-state index < -0.39 is 0 Å². The summed E-state index contributed by atoms with van der Waals surface area (Å²) in [5, 5.41) is 3.10. The Labute approximate surface area is 128 Å². The number of carbonyl (C=O) groups is 1. The van der Waals surface area contributed by atoms with Gasteiger partial charge in [-0.2, -0.15) is 0 Å². The van der Waals surface area contributed by atoms with Gasteiger partial charge < -0.3 is 11.1 Å². The lowest BCUT2D eigenvalue weighted by Gasteiger charge is -2.23. The lowest BCUT2D eigenvalue weighted by molar-refractivity contribution is -0.123. The molecule has 4 heteroatoms. The van der Waals surface area contributed by atoms with Crippen LogP contribution in [0.3, 0.4) is 0 Å². The largest absolute Gasteiger partial charge is 0.399 e. The SMILES string of the molecule is CCCN(CC(=O)NC(CC)CC)Cc1cccc(N)c1. The van der Waals surface area contributed by atoms with Crippen LogP contribution in [0.5, 0.6) is 0 Å². The number of carbonyl (C=O) groups excluding carboxylic acids is 1. The molecule has 1 amide bonds. The summed E-state index contributed by atoms with van der Waals surface area (Å²) in [4.78, 5) is 14.3. The molecular formula is C17H29N3O. The molecule has 3 N–H and O–H groups in total. The van der Waals surface area contributed by atoms with E-state index in [0.29, 0.717) is 6.54 Å². The molecule has 21 heavy (non-hydrogen) atoms. The zero-order valence-corrected chi connectivity index (χ0v) is 13.6. The van der Waals surface area contributed by atoms with E-state index in [4.69, 9.17) is 5.73 Å². The maximum absolute atomic E-state index is 12.1. The highest BCUT2D eigenvalue weighted by molar-refractivity contribution is 5.78. The maximum atomic E-state index is 12.1. The van der Waals surface area contributed by atoms with Crippen molar-refractivity contribution >= 4 is 11.6 Å². The van der Waals surface area contributed by atoms with Gasteiger partial charge in [0.1, 0.15) is 0 Å². The molecule has 0 heterocycles. The van der Waals surface area contributed by atoms with Crippen LogP contribution < -0.4 is 11.1 Å². The van der Waals surface area contributed by atoms with Gasteiger partial charge in [-0.05, 0) is 43.5 Å². The van der Waals surface area contributed by atoms with Crippen molar-refractivity contribution in [1.29, 1.82) is 0 Å². The van der Waals surface area contributed by atoms with Crippen LogP contribution in [0.25, 0.3) is 0 Å². The Balaban J connectivity index is 2.58. The number of nitrogens with one attached hydrogen (secondary N) is 1. The van der Waals surface area contributed by atoms with Crippen molar-refractivity contribution in [3.05, 3.63) is 29.8 Å². The highest BCUT2D eigenvalue weighted by Gasteiger charge is 2.13. The summed E-state index contributed by atoms with van der Waals surface area (Å²) in [6, 6.07) is 8.15. The first-order valence-corrected chi connectivity index (χ1v) is 7.95. The van der Waals surface area contributed by atoms with Gasteiger partial charge in [-0.15, -0.1) is 0 Å². The molecule has 0 saturated heterocycles. The van der Waals surface area contributed by atoms with Crippen LogP contribution in [0.1, 0.15) is 45.6 Å². The summed E-state index contributed by atoms with van der Waals surface area (Å²) in [5.74, 6) is 0.112. The van der Waals surface area contributed by atoms with Crippen molar-refractivity contribution in [3.63, 3.8) is 0 Å². The number of hydrogen-bond acceptors (Lipinski definition) is 3. The quantitative estimate of drug-likeness (QED) is 0.688. The number of amides is 1. The second-order valence-corrected chi connectivity index (χ2v) is 5.54. The molecule has 0 unspecified atom stereocenters. The van der Waals surface area contributed by atoms with Gasteiger partial charge in [0.05, 0.1) is 6.54 Å². The topological polar surface area (TPSA) is 58.4 Å². The molecule has 1 aromatic carbocycles. The van der Waals surface area contributed by atoms with E-state index in [1.807, 2.05) is 18.2 Å². The minimum atomic E-state index is 0.112. The van der Waals surface area contributed by atoms with Crippen molar-refractivity contribution in [2.75, 3.05) is 18.8 Å². The van der Waals surface area contributed by atoms with Gasteiger partial charge in [-0.1, -0.05) is 32.9 Å². The molecular weight excluding hydrogens is 262 g/mol. The molecule has 0 spiro atoms. The zero-order valence-electron chi connectivity index (χ0n) is 13.6. The van der Waals surface area contributed by atoms with Gasteiger partial charge >= 0.3 is 0 Å². The third-order valence-corrected chi connectivity index (χ3v) is 3.61. The Morgan fingerprint density at radius 1 is 1.29 bits per heavy atom. The molecule has 0 aliphatic carbocycles. The molecule has 0 aliphatic heterocycles. The monoisotopic (exact) mass is 291 g/mol. The third-order valence-electron chi connectivity index (χ3n) is 3.61. The van der Waals surface area contributed by atoms with E-state index in [-0.39, 0.29) is 11.9 Å². The standard InChI is InChI=1S/C17H29N3O/c1-4-10-20(12-14-8-7-9-15(18)11-14)13-17(21)19-16(5-2)6-3/h7-9,11,16H,4-6,10,12-13,18H2,1-3H3,(H,19,21). The summed E-state index contributed by atoms with van der Waals surface area (Å²) in [5.41, 5.74) is 7.73. The molecule has 4 nitrogen and oxygen atoms in total. The maximum Gasteiger partial charge on any atom is 0.234 e. The lowest BCUT2D eigenvalue weighted by atomic mass is 10.1. The molecule has 0 radical (unpaired) electrons. The third kappa shape index (κ3) is 6.63. The summed E-state index contributed by atoms with van der Waals surface area (Å²) in [6.45, 7) is 8.45. The second-order valence-electron chi connectivity index (χ2n) is 5.54. The summed E-state index contributed by atoms with van der Waals surface area (Å²) in [6.07, 6.45) is 2.98. The molecule has 1 rings (SSSR count). The number of nitrogens with zero attached hydrogens (tertiary/aromatic N) is 1. The highest BCUT2D eigenvalue weighted by Crippen LogP contribution is 2.10. The van der Waals surface area contributed by atoms with Gasteiger partial charge in [0.2, 0.25) is 5.91 Å². The Bertz CT molecular complexity index is 430. The summed E-state index contributed by atoms with van der Waals surface area (Å²) in [7, 11) is 0. The fourth-order valence-electron chi connectivity index (χ4n) is 2.45. The number of rotatable bonds is 9. The number of anilines is 1. The van der Waals surface area contributed by atoms with Gasteiger partial charge in [0, 0.05) is 18.3 Å². The molecule has 0 fully saturated rings. The summed E-state index contributed by atoms with van der Waals surface area (Å²) < 4.78 is 0. The van der Waals surface area contributed by atoms with E-state index in [1.165, 1.54) is 0 Å². The van der Waals surface area contributed by atoms with Crippen LogP contribution in [0, 0.1) is 0 Å². The molecule has 0 saturated carbocycles. The Hall–Kier alpha value is -1.55. The number of hydrogen-bond donors (Lipinski definition) is 2. The smallest absolute Gasteiger partial charge is 0.234 e. The molecule has 1 aromatic rings. The molecule has 118 valence electrons. The molecule has 0 bridgehead atoms. The van der Waals surface area contributed by atoms with Crippen molar-refractivity contribution in [1.82, 2.24) is 10.2 Å². The lowest BCUT2D eigenvalue weighted by Crippen LogP contribution is -2.41.